The van der Waals surface area contributed by atoms with Gasteiger partial charge >= 0.3 is 5.97 Å². The topological polar surface area (TPSA) is 70.4 Å². The van der Waals surface area contributed by atoms with Gasteiger partial charge in [-0.05, 0) is 34.8 Å². The Labute approximate surface area is 153 Å². The summed E-state index contributed by atoms with van der Waals surface area (Å²) in [6, 6.07) is 9.42. The van der Waals surface area contributed by atoms with Crippen molar-refractivity contribution < 1.29 is 14.3 Å². The predicted molar refractivity (Wildman–Crippen MR) is 96.7 cm³/mol. The number of benzene rings is 1. The van der Waals surface area contributed by atoms with Gasteiger partial charge in [0.05, 0.1) is 11.1 Å². The monoisotopic (exact) mass is 404 g/mol. The van der Waals surface area contributed by atoms with Crippen LogP contribution in [0.25, 0.3) is 4.48 Å². The number of carbonyl (C=O) groups excluding carboxylic acids is 1. The predicted octanol–water partition coefficient (Wildman–Crippen LogP) is 3.14. The molecule has 0 aliphatic carbocycles. The Morgan fingerprint density at radius 2 is 2.08 bits per heavy atom. The number of nitrogens with zero attached hydrogens (tertiary/aromatic N) is 2. The summed E-state index contributed by atoms with van der Waals surface area (Å²) in [5.74, 6) is -0.337. The summed E-state index contributed by atoms with van der Waals surface area (Å²) in [7, 11) is 0. The Morgan fingerprint density at radius 1 is 1.32 bits per heavy atom. The molecule has 0 N–H and O–H groups in total. The van der Waals surface area contributed by atoms with Crippen molar-refractivity contribution in [2.45, 2.75) is 26.5 Å². The number of fused-ring (bicyclic) bond motifs is 1. The van der Waals surface area contributed by atoms with E-state index in [0.717, 1.165) is 5.56 Å². The molecule has 2 heterocycles. The van der Waals surface area contributed by atoms with Gasteiger partial charge in [0.1, 0.15) is 6.61 Å². The molecule has 1 aromatic heterocycles. The van der Waals surface area contributed by atoms with Crippen LogP contribution in [0.4, 0.5) is 0 Å². The molecular formula is C18H17BrN2O4. The zero-order valence-corrected chi connectivity index (χ0v) is 15.3. The molecule has 3 rings (SSSR count). The van der Waals surface area contributed by atoms with Gasteiger partial charge in [0, 0.05) is 6.54 Å². The number of hydrogen-bond donors (Lipinski definition) is 0. The van der Waals surface area contributed by atoms with Crippen molar-refractivity contribution in [3.8, 4) is 5.75 Å². The van der Waals surface area contributed by atoms with Crippen molar-refractivity contribution in [2.24, 2.45) is 0 Å². The Hall–Kier alpha value is -2.41. The van der Waals surface area contributed by atoms with E-state index >= 15 is 0 Å². The van der Waals surface area contributed by atoms with Crippen LogP contribution >= 0.6 is 15.9 Å². The molecule has 7 heteroatoms. The maximum Gasteiger partial charge on any atom is 0.361 e. The zero-order valence-electron chi connectivity index (χ0n) is 13.7. The highest BCUT2D eigenvalue weighted by molar-refractivity contribution is 9.15. The number of hydrogen-bond acceptors (Lipinski definition) is 5. The lowest BCUT2D eigenvalue weighted by atomic mass is 10.2. The minimum Gasteiger partial charge on any atom is -0.481 e. The summed E-state index contributed by atoms with van der Waals surface area (Å²) >= 11 is 3.39. The van der Waals surface area contributed by atoms with E-state index in [1.165, 1.54) is 4.57 Å². The normalized spacial score (nSPS) is 13.0. The van der Waals surface area contributed by atoms with E-state index in [1.807, 2.05) is 36.4 Å². The molecule has 2 aromatic rings. The maximum absolute atomic E-state index is 12.9. The third kappa shape index (κ3) is 3.66. The van der Waals surface area contributed by atoms with Crippen LogP contribution in [0, 0.1) is 0 Å². The summed E-state index contributed by atoms with van der Waals surface area (Å²) < 4.78 is 12.9. The number of aromatic nitrogens is 2. The van der Waals surface area contributed by atoms with Gasteiger partial charge in [-0.25, -0.2) is 9.78 Å². The van der Waals surface area contributed by atoms with Crippen molar-refractivity contribution in [1.29, 1.82) is 0 Å². The average molecular weight is 405 g/mol. The molecule has 0 unspecified atom stereocenters. The van der Waals surface area contributed by atoms with Crippen LogP contribution in [0.5, 0.6) is 5.75 Å². The molecule has 1 aliphatic heterocycles. The third-order valence-electron chi connectivity index (χ3n) is 3.71. The molecule has 0 atom stereocenters. The fraction of sp³-hybridized carbons (Fsp3) is 0.278. The van der Waals surface area contributed by atoms with Gasteiger partial charge < -0.3 is 9.47 Å². The van der Waals surface area contributed by atoms with Crippen molar-refractivity contribution in [3.63, 3.8) is 0 Å². The van der Waals surface area contributed by atoms with Crippen LogP contribution in [-0.4, -0.2) is 22.1 Å². The maximum atomic E-state index is 12.9. The van der Waals surface area contributed by atoms with Crippen molar-refractivity contribution in [1.82, 2.24) is 9.55 Å². The van der Waals surface area contributed by atoms with Crippen LogP contribution in [0.15, 0.2) is 41.2 Å². The number of esters is 1. The molecule has 0 saturated carbocycles. The van der Waals surface area contributed by atoms with Crippen molar-refractivity contribution >= 4 is 26.4 Å². The van der Waals surface area contributed by atoms with Crippen LogP contribution in [0.1, 0.15) is 35.2 Å². The second kappa shape index (κ2) is 7.65. The lowest BCUT2D eigenvalue weighted by molar-refractivity contribution is 0.0512. The first-order chi connectivity index (χ1) is 12.1. The van der Waals surface area contributed by atoms with E-state index in [0.29, 0.717) is 23.3 Å². The van der Waals surface area contributed by atoms with Crippen molar-refractivity contribution in [3.05, 3.63) is 63.8 Å². The highest BCUT2D eigenvalue weighted by Gasteiger charge is 2.26. The fourth-order valence-corrected chi connectivity index (χ4v) is 3.07. The van der Waals surface area contributed by atoms with E-state index in [2.05, 4.69) is 20.9 Å². The molecule has 25 heavy (non-hydrogen) atoms. The molecule has 1 aliphatic rings. The zero-order chi connectivity index (χ0) is 17.8. The van der Waals surface area contributed by atoms with Gasteiger partial charge in [-0.15, -0.1) is 0 Å². The van der Waals surface area contributed by atoms with Gasteiger partial charge in [-0.1, -0.05) is 36.4 Å². The van der Waals surface area contributed by atoms with Crippen LogP contribution in [-0.2, 0) is 17.9 Å². The average Bonchev–Trinajstić information content (AvgIpc) is 2.62. The first kappa shape index (κ1) is 17.4. The summed E-state index contributed by atoms with van der Waals surface area (Å²) in [4.78, 5) is 29.5. The molecule has 0 amide bonds. The molecule has 0 spiro atoms. The fourth-order valence-electron chi connectivity index (χ4n) is 2.54. The second-order valence-electron chi connectivity index (χ2n) is 5.41. The Balaban J connectivity index is 2.04. The third-order valence-corrected chi connectivity index (χ3v) is 4.39. The molecule has 6 nitrogen and oxygen atoms in total. The van der Waals surface area contributed by atoms with Gasteiger partial charge in [0.15, 0.2) is 11.5 Å². The molecule has 0 bridgehead atoms. The number of halogens is 1. The van der Waals surface area contributed by atoms with Crippen molar-refractivity contribution in [2.75, 3.05) is 6.61 Å². The smallest absolute Gasteiger partial charge is 0.361 e. The second-order valence-corrected chi connectivity index (χ2v) is 6.26. The van der Waals surface area contributed by atoms with Gasteiger partial charge in [-0.3, -0.25) is 9.36 Å². The minimum absolute atomic E-state index is 0.0757. The number of ether oxygens (including phenoxy) is 2. The Bertz CT molecular complexity index is 875. The Morgan fingerprint density at radius 3 is 2.80 bits per heavy atom. The van der Waals surface area contributed by atoms with E-state index < -0.39 is 5.97 Å². The van der Waals surface area contributed by atoms with Crippen LogP contribution in [0.3, 0.4) is 0 Å². The SMILES string of the molecule is CCOC(=O)c1nc2n(c(=O)c1OCc1ccccc1)CCC=C2Br. The van der Waals surface area contributed by atoms with E-state index in [-0.39, 0.29) is 30.2 Å². The summed E-state index contributed by atoms with van der Waals surface area (Å²) in [5.41, 5.74) is 0.413. The van der Waals surface area contributed by atoms with Gasteiger partial charge in [0.2, 0.25) is 5.75 Å². The molecule has 1 aromatic carbocycles. The summed E-state index contributed by atoms with van der Waals surface area (Å²) in [5, 5.41) is 0. The van der Waals surface area contributed by atoms with Gasteiger partial charge in [0.25, 0.3) is 5.56 Å². The standard InChI is InChI=1S/C18H17BrN2O4/c1-2-24-18(23)14-15(25-11-12-7-4-3-5-8-12)17(22)21-10-6-9-13(19)16(21)20-14/h3-5,7-9H,2,6,10-11H2,1H3. The highest BCUT2D eigenvalue weighted by atomic mass is 79.9. The quantitative estimate of drug-likeness (QED) is 0.715. The molecule has 0 fully saturated rings. The summed E-state index contributed by atoms with van der Waals surface area (Å²) in [6.07, 6.45) is 2.62. The van der Waals surface area contributed by atoms with Gasteiger partial charge in [-0.2, -0.15) is 0 Å². The first-order valence-corrected chi connectivity index (χ1v) is 8.75. The minimum atomic E-state index is -0.670. The number of rotatable bonds is 5. The lowest BCUT2D eigenvalue weighted by Crippen LogP contribution is -2.30. The van der Waals surface area contributed by atoms with Crippen LogP contribution < -0.4 is 10.3 Å². The van der Waals surface area contributed by atoms with E-state index in [9.17, 15) is 9.59 Å². The largest absolute Gasteiger partial charge is 0.481 e. The molecule has 0 saturated heterocycles. The Kier molecular flexibility index (Phi) is 5.33. The number of carbonyl (C=O) groups is 1. The molecule has 0 radical (unpaired) electrons. The lowest BCUT2D eigenvalue weighted by Gasteiger charge is -2.19. The summed E-state index contributed by atoms with van der Waals surface area (Å²) in [6.45, 7) is 2.54. The first-order valence-electron chi connectivity index (χ1n) is 7.96. The van der Waals surface area contributed by atoms with Crippen LogP contribution in [0.2, 0.25) is 0 Å². The molecule has 130 valence electrons. The molecular weight excluding hydrogens is 388 g/mol. The highest BCUT2D eigenvalue weighted by Crippen LogP contribution is 2.26. The van der Waals surface area contributed by atoms with E-state index in [1.54, 1.807) is 6.92 Å². The van der Waals surface area contributed by atoms with E-state index in [4.69, 9.17) is 9.47 Å². The number of allylic oxidation sites excluding steroid dienone is 1.